The summed E-state index contributed by atoms with van der Waals surface area (Å²) < 4.78 is 0. The van der Waals surface area contributed by atoms with Gasteiger partial charge in [0, 0.05) is 31.3 Å². The largest absolute Gasteiger partial charge is 0.368 e. The fraction of sp³-hybridized carbons (Fsp3) is 0.633. The van der Waals surface area contributed by atoms with Crippen molar-refractivity contribution in [3.8, 4) is 11.3 Å². The van der Waals surface area contributed by atoms with E-state index in [9.17, 15) is 4.79 Å². The Morgan fingerprint density at radius 3 is 2.33 bits per heavy atom. The van der Waals surface area contributed by atoms with E-state index in [1.54, 1.807) is 12.8 Å². The number of piperidine rings is 1. The molecule has 1 amide bonds. The molecule has 1 aromatic heterocycles. The molecule has 2 unspecified atom stereocenters. The number of aromatic nitrogens is 2. The average molecular weight is 486 g/mol. The number of amides is 1. The lowest BCUT2D eigenvalue weighted by Crippen LogP contribution is -2.43. The summed E-state index contributed by atoms with van der Waals surface area (Å²) in [5.41, 5.74) is 4.65. The molecule has 0 radical (unpaired) electrons. The molecule has 7 rings (SSSR count). The van der Waals surface area contributed by atoms with Gasteiger partial charge in [-0.15, -0.1) is 10.2 Å². The standard InChI is InChI=1S/C30H39N5O/c1-20(36)32-25-5-3-21(4-6-25)26-7-8-27(34-33-26)31-18-24-15-29(24)9-11-35(12-10-29)19-28(2)13-22-16-30(22)17-23(30)14-28/h3-8,22-24H,9-19H2,1-2H3,(H,31,34)(H,32,36)/t22?,23?,24-,28?,30?/m0/s1. The molecule has 190 valence electrons. The maximum absolute atomic E-state index is 11.2. The van der Waals surface area contributed by atoms with Gasteiger partial charge in [-0.3, -0.25) is 4.79 Å². The number of carbonyl (C=O) groups excluding carboxylic acids is 1. The second kappa shape index (κ2) is 8.01. The highest BCUT2D eigenvalue weighted by Crippen LogP contribution is 2.81. The molecule has 2 heterocycles. The molecule has 3 atom stereocenters. The van der Waals surface area contributed by atoms with Crippen molar-refractivity contribution < 1.29 is 4.79 Å². The van der Waals surface area contributed by atoms with Crippen LogP contribution in [0.3, 0.4) is 0 Å². The summed E-state index contributed by atoms with van der Waals surface area (Å²) in [4.78, 5) is 14.0. The van der Waals surface area contributed by atoms with Crippen LogP contribution in [0.4, 0.5) is 11.5 Å². The lowest BCUT2D eigenvalue weighted by molar-refractivity contribution is -0.114. The Bertz CT molecular complexity index is 1130. The summed E-state index contributed by atoms with van der Waals surface area (Å²) in [6.45, 7) is 9.03. The molecule has 2 aromatic rings. The van der Waals surface area contributed by atoms with Gasteiger partial charge in [0.05, 0.1) is 5.69 Å². The molecule has 2 N–H and O–H groups in total. The zero-order chi connectivity index (χ0) is 24.5. The van der Waals surface area contributed by atoms with Crippen LogP contribution >= 0.6 is 0 Å². The van der Waals surface area contributed by atoms with Gasteiger partial charge in [0.1, 0.15) is 5.82 Å². The number of benzene rings is 1. The van der Waals surface area contributed by atoms with Crippen LogP contribution in [-0.4, -0.2) is 47.2 Å². The normalized spacial score (nSPS) is 35.4. The van der Waals surface area contributed by atoms with Crippen molar-refractivity contribution in [2.24, 2.45) is 34.0 Å². The third-order valence-electron chi connectivity index (χ3n) is 10.5. The Hall–Kier alpha value is -2.47. The van der Waals surface area contributed by atoms with Gasteiger partial charge in [-0.05, 0) is 116 Å². The highest BCUT2D eigenvalue weighted by molar-refractivity contribution is 5.88. The first-order chi connectivity index (χ1) is 17.3. The molecule has 36 heavy (non-hydrogen) atoms. The summed E-state index contributed by atoms with van der Waals surface area (Å²) in [7, 11) is 0. The van der Waals surface area contributed by atoms with E-state index in [4.69, 9.17) is 0 Å². The third-order valence-corrected chi connectivity index (χ3v) is 10.5. The number of carbonyl (C=O) groups is 1. The van der Waals surface area contributed by atoms with Gasteiger partial charge >= 0.3 is 0 Å². The van der Waals surface area contributed by atoms with Crippen LogP contribution in [0.1, 0.15) is 58.8 Å². The van der Waals surface area contributed by atoms with Gasteiger partial charge in [-0.2, -0.15) is 0 Å². The first-order valence-corrected chi connectivity index (χ1v) is 14.0. The van der Waals surface area contributed by atoms with Crippen LogP contribution in [0.15, 0.2) is 36.4 Å². The van der Waals surface area contributed by atoms with Crippen molar-refractivity contribution in [2.45, 2.75) is 58.8 Å². The average Bonchev–Trinajstić information content (AvgIpc) is 3.79. The molecule has 5 aliphatic rings. The Morgan fingerprint density at radius 1 is 0.972 bits per heavy atom. The van der Waals surface area contributed by atoms with Gasteiger partial charge in [-0.25, -0.2) is 0 Å². The maximum atomic E-state index is 11.2. The molecule has 6 nitrogen and oxygen atoms in total. The first kappa shape index (κ1) is 22.7. The van der Waals surface area contributed by atoms with E-state index in [2.05, 4.69) is 32.7 Å². The van der Waals surface area contributed by atoms with Crippen LogP contribution in [0, 0.1) is 34.0 Å². The Kier molecular flexibility index (Phi) is 5.05. The lowest BCUT2D eigenvalue weighted by atomic mass is 9.75. The van der Waals surface area contributed by atoms with E-state index < -0.39 is 0 Å². The van der Waals surface area contributed by atoms with Gasteiger partial charge in [0.2, 0.25) is 5.91 Å². The van der Waals surface area contributed by atoms with Crippen LogP contribution in [0.25, 0.3) is 11.3 Å². The van der Waals surface area contributed by atoms with Crippen LogP contribution in [-0.2, 0) is 4.79 Å². The monoisotopic (exact) mass is 485 g/mol. The predicted octanol–water partition coefficient (Wildman–Crippen LogP) is 5.44. The summed E-state index contributed by atoms with van der Waals surface area (Å²) in [5, 5.41) is 15.2. The summed E-state index contributed by atoms with van der Waals surface area (Å²) in [6.07, 6.45) is 10.2. The molecule has 2 spiro atoms. The molecule has 1 aromatic carbocycles. The summed E-state index contributed by atoms with van der Waals surface area (Å²) in [5.74, 6) is 3.73. The third kappa shape index (κ3) is 4.11. The van der Waals surface area contributed by atoms with E-state index >= 15 is 0 Å². The SMILES string of the molecule is CC(=O)Nc1ccc(-c2ccc(NC[C@@H]3CC34CCN(CC3(C)CC5CC56CC6C3)CC4)nn2)cc1. The number of nitrogens with one attached hydrogen (secondary N) is 2. The van der Waals surface area contributed by atoms with E-state index in [1.165, 1.54) is 58.7 Å². The van der Waals surface area contributed by atoms with Crippen molar-refractivity contribution in [3.05, 3.63) is 36.4 Å². The second-order valence-corrected chi connectivity index (χ2v) is 13.2. The molecule has 6 heteroatoms. The van der Waals surface area contributed by atoms with E-state index in [-0.39, 0.29) is 5.91 Å². The smallest absolute Gasteiger partial charge is 0.221 e. The van der Waals surface area contributed by atoms with Crippen molar-refractivity contribution in [1.29, 1.82) is 0 Å². The van der Waals surface area contributed by atoms with E-state index in [1.807, 2.05) is 36.4 Å². The van der Waals surface area contributed by atoms with Crippen LogP contribution in [0.2, 0.25) is 0 Å². The zero-order valence-corrected chi connectivity index (χ0v) is 21.7. The number of hydrogen-bond acceptors (Lipinski definition) is 5. The molecule has 0 bridgehead atoms. The van der Waals surface area contributed by atoms with Crippen LogP contribution in [0.5, 0.6) is 0 Å². The number of anilines is 2. The molecular formula is C30H39N5O. The van der Waals surface area contributed by atoms with Crippen molar-refractivity contribution in [1.82, 2.24) is 15.1 Å². The van der Waals surface area contributed by atoms with Crippen molar-refractivity contribution in [2.75, 3.05) is 36.8 Å². The number of likely N-dealkylation sites (tertiary alicyclic amines) is 1. The highest BCUT2D eigenvalue weighted by Gasteiger charge is 2.73. The Labute approximate surface area is 214 Å². The molecule has 5 fully saturated rings. The second-order valence-electron chi connectivity index (χ2n) is 13.2. The van der Waals surface area contributed by atoms with E-state index in [0.29, 0.717) is 10.8 Å². The summed E-state index contributed by atoms with van der Waals surface area (Å²) >= 11 is 0. The number of rotatable bonds is 7. The zero-order valence-electron chi connectivity index (χ0n) is 21.7. The van der Waals surface area contributed by atoms with Gasteiger partial charge in [0.15, 0.2) is 0 Å². The molecule has 1 aliphatic heterocycles. The Balaban J connectivity index is 0.874. The fourth-order valence-electron chi connectivity index (χ4n) is 8.27. The first-order valence-electron chi connectivity index (χ1n) is 14.0. The molecular weight excluding hydrogens is 446 g/mol. The predicted molar refractivity (Wildman–Crippen MR) is 142 cm³/mol. The van der Waals surface area contributed by atoms with Gasteiger partial charge in [0.25, 0.3) is 0 Å². The summed E-state index contributed by atoms with van der Waals surface area (Å²) in [6, 6.07) is 11.7. The fourth-order valence-corrected chi connectivity index (χ4v) is 8.27. The van der Waals surface area contributed by atoms with Crippen LogP contribution < -0.4 is 10.6 Å². The topological polar surface area (TPSA) is 70.2 Å². The van der Waals surface area contributed by atoms with Crippen molar-refractivity contribution in [3.63, 3.8) is 0 Å². The Morgan fingerprint density at radius 2 is 1.69 bits per heavy atom. The quantitative estimate of drug-likeness (QED) is 0.546. The molecule has 4 saturated carbocycles. The molecule has 1 saturated heterocycles. The minimum absolute atomic E-state index is 0.0677. The van der Waals surface area contributed by atoms with Crippen molar-refractivity contribution >= 4 is 17.4 Å². The van der Waals surface area contributed by atoms with E-state index in [0.717, 1.165) is 52.5 Å². The number of nitrogens with zero attached hydrogens (tertiary/aromatic N) is 3. The number of hydrogen-bond donors (Lipinski definition) is 2. The van der Waals surface area contributed by atoms with Gasteiger partial charge < -0.3 is 15.5 Å². The lowest BCUT2D eigenvalue weighted by Gasteiger charge is -2.41. The van der Waals surface area contributed by atoms with Gasteiger partial charge in [-0.1, -0.05) is 19.1 Å². The maximum Gasteiger partial charge on any atom is 0.221 e. The highest BCUT2D eigenvalue weighted by atomic mass is 16.1. The minimum Gasteiger partial charge on any atom is -0.368 e. The minimum atomic E-state index is -0.0677. The molecule has 4 aliphatic carbocycles.